The standard InChI is InChI=1S/C27H33N3O5/c1-25(2,3)35-24(33)29-13-19-20(14-29)27(19,15-28)30-21-7-6-16(10-18(21)11-22(30)23(31)32)17-8-9-34-26(4,5)12-17/h6-7,10-11,17,19-20H,8-9,12-14H2,1-5H3,(H,31,32)/t17-,19-,20+,27?/m0/s1. The lowest BCUT2D eigenvalue weighted by atomic mass is 9.83. The van der Waals surface area contributed by atoms with Gasteiger partial charge in [-0.1, -0.05) is 6.07 Å². The van der Waals surface area contributed by atoms with Crippen LogP contribution in [0.1, 0.15) is 69.4 Å². The number of fused-ring (bicyclic) bond motifs is 2. The minimum atomic E-state index is -1.06. The van der Waals surface area contributed by atoms with Crippen molar-refractivity contribution in [3.63, 3.8) is 0 Å². The van der Waals surface area contributed by atoms with Crippen LogP contribution in [0.25, 0.3) is 10.9 Å². The molecular weight excluding hydrogens is 446 g/mol. The zero-order chi connectivity index (χ0) is 25.3. The van der Waals surface area contributed by atoms with E-state index in [4.69, 9.17) is 9.47 Å². The van der Waals surface area contributed by atoms with Crippen LogP contribution >= 0.6 is 0 Å². The summed E-state index contributed by atoms with van der Waals surface area (Å²) in [6, 6.07) is 10.2. The van der Waals surface area contributed by atoms with Gasteiger partial charge in [0.15, 0.2) is 0 Å². The van der Waals surface area contributed by atoms with Gasteiger partial charge >= 0.3 is 12.1 Å². The van der Waals surface area contributed by atoms with Crippen LogP contribution in [-0.4, -0.2) is 57.5 Å². The Morgan fingerprint density at radius 1 is 1.20 bits per heavy atom. The van der Waals surface area contributed by atoms with Gasteiger partial charge in [0.2, 0.25) is 0 Å². The molecule has 5 rings (SSSR count). The Kier molecular flexibility index (Phi) is 5.23. The van der Waals surface area contributed by atoms with E-state index in [-0.39, 0.29) is 23.1 Å². The average Bonchev–Trinajstić information content (AvgIpc) is 3.09. The fraction of sp³-hybridized carbons (Fsp3) is 0.593. The molecule has 0 bridgehead atoms. The smallest absolute Gasteiger partial charge is 0.410 e. The van der Waals surface area contributed by atoms with Gasteiger partial charge in [-0.2, -0.15) is 5.26 Å². The number of rotatable bonds is 3. The van der Waals surface area contributed by atoms with Crippen molar-refractivity contribution in [1.82, 2.24) is 9.47 Å². The van der Waals surface area contributed by atoms with E-state index in [0.29, 0.717) is 25.6 Å². The molecule has 2 aliphatic heterocycles. The van der Waals surface area contributed by atoms with Gasteiger partial charge in [0.1, 0.15) is 16.8 Å². The van der Waals surface area contributed by atoms with Gasteiger partial charge in [0, 0.05) is 36.9 Å². The number of benzene rings is 1. The molecule has 3 fully saturated rings. The van der Waals surface area contributed by atoms with Crippen molar-refractivity contribution >= 4 is 23.0 Å². The van der Waals surface area contributed by atoms with E-state index in [9.17, 15) is 20.0 Å². The highest BCUT2D eigenvalue weighted by molar-refractivity contribution is 5.95. The van der Waals surface area contributed by atoms with E-state index < -0.39 is 23.2 Å². The van der Waals surface area contributed by atoms with Crippen molar-refractivity contribution in [3.05, 3.63) is 35.5 Å². The van der Waals surface area contributed by atoms with Crippen LogP contribution in [0.3, 0.4) is 0 Å². The van der Waals surface area contributed by atoms with Gasteiger partial charge in [-0.05, 0) is 77.1 Å². The fourth-order valence-electron chi connectivity index (χ4n) is 6.19. The normalized spacial score (nSPS) is 29.5. The lowest BCUT2D eigenvalue weighted by molar-refractivity contribution is -0.0592. The zero-order valence-corrected chi connectivity index (χ0v) is 21.0. The first-order chi connectivity index (χ1) is 16.4. The van der Waals surface area contributed by atoms with Crippen molar-refractivity contribution in [2.24, 2.45) is 11.8 Å². The van der Waals surface area contributed by atoms with Crippen molar-refractivity contribution < 1.29 is 24.2 Å². The van der Waals surface area contributed by atoms with Gasteiger partial charge in [0.25, 0.3) is 0 Å². The monoisotopic (exact) mass is 479 g/mol. The maximum Gasteiger partial charge on any atom is 0.410 e. The second-order valence-corrected chi connectivity index (χ2v) is 11.8. The van der Waals surface area contributed by atoms with Crippen molar-refractivity contribution in [2.75, 3.05) is 19.7 Å². The minimum absolute atomic E-state index is 0.115. The first-order valence-electron chi connectivity index (χ1n) is 12.3. The number of carbonyl (C=O) groups excluding carboxylic acids is 1. The summed E-state index contributed by atoms with van der Waals surface area (Å²) in [4.78, 5) is 26.4. The van der Waals surface area contributed by atoms with Gasteiger partial charge < -0.3 is 24.0 Å². The molecule has 2 aromatic rings. The number of aromatic carboxylic acids is 1. The van der Waals surface area contributed by atoms with Crippen LogP contribution in [0.4, 0.5) is 4.79 Å². The number of carboxylic acid groups (broad SMARTS) is 1. The van der Waals surface area contributed by atoms with Crippen molar-refractivity contribution in [3.8, 4) is 6.07 Å². The maximum atomic E-state index is 12.5. The Balaban J connectivity index is 1.47. The number of carbonyl (C=O) groups is 2. The molecular formula is C27H33N3O5. The van der Waals surface area contributed by atoms with Crippen LogP contribution in [-0.2, 0) is 15.0 Å². The number of nitrogens with zero attached hydrogens (tertiary/aromatic N) is 3. The minimum Gasteiger partial charge on any atom is -0.477 e. The fourth-order valence-corrected chi connectivity index (χ4v) is 6.19. The summed E-state index contributed by atoms with van der Waals surface area (Å²) >= 11 is 0. The third-order valence-corrected chi connectivity index (χ3v) is 7.76. The van der Waals surface area contributed by atoms with Crippen LogP contribution in [0, 0.1) is 23.2 Å². The molecule has 0 spiro atoms. The number of piperidine rings is 1. The van der Waals surface area contributed by atoms with Crippen molar-refractivity contribution in [2.45, 2.75) is 70.1 Å². The van der Waals surface area contributed by atoms with Gasteiger partial charge in [-0.3, -0.25) is 0 Å². The van der Waals surface area contributed by atoms with E-state index in [0.717, 1.165) is 23.7 Å². The highest BCUT2D eigenvalue weighted by atomic mass is 16.6. The molecule has 0 radical (unpaired) electrons. The molecule has 2 saturated heterocycles. The maximum absolute atomic E-state index is 12.5. The molecule has 35 heavy (non-hydrogen) atoms. The number of amides is 1. The molecule has 3 aliphatic rings. The Hall–Kier alpha value is -3.05. The Bertz CT molecular complexity index is 1240. The highest BCUT2D eigenvalue weighted by Crippen LogP contribution is 2.62. The molecule has 1 aromatic carbocycles. The largest absolute Gasteiger partial charge is 0.477 e. The zero-order valence-electron chi connectivity index (χ0n) is 21.0. The molecule has 1 N–H and O–H groups in total. The van der Waals surface area contributed by atoms with Crippen molar-refractivity contribution in [1.29, 1.82) is 5.26 Å². The number of carboxylic acids is 1. The van der Waals surface area contributed by atoms with E-state index in [1.165, 1.54) is 5.56 Å². The molecule has 186 valence electrons. The number of hydrogen-bond donors (Lipinski definition) is 1. The number of nitriles is 1. The molecule has 1 amide bonds. The second-order valence-electron chi connectivity index (χ2n) is 11.8. The third-order valence-electron chi connectivity index (χ3n) is 7.76. The molecule has 1 saturated carbocycles. The Morgan fingerprint density at radius 2 is 1.89 bits per heavy atom. The Labute approximate surface area is 205 Å². The number of hydrogen-bond acceptors (Lipinski definition) is 5. The topological polar surface area (TPSA) is 105 Å². The first kappa shape index (κ1) is 23.7. The summed E-state index contributed by atoms with van der Waals surface area (Å²) in [7, 11) is 0. The van der Waals surface area contributed by atoms with E-state index in [1.54, 1.807) is 15.5 Å². The summed E-state index contributed by atoms with van der Waals surface area (Å²) < 4.78 is 13.1. The molecule has 8 heteroatoms. The molecule has 1 aliphatic carbocycles. The molecule has 8 nitrogen and oxygen atoms in total. The number of likely N-dealkylation sites (tertiary alicyclic amines) is 1. The quantitative estimate of drug-likeness (QED) is 0.683. The van der Waals surface area contributed by atoms with Crippen LogP contribution in [0.5, 0.6) is 0 Å². The summed E-state index contributed by atoms with van der Waals surface area (Å²) in [5, 5.41) is 21.2. The molecule has 1 unspecified atom stereocenters. The summed E-state index contributed by atoms with van der Waals surface area (Å²) in [6.07, 6.45) is 1.43. The number of aromatic nitrogens is 1. The van der Waals surface area contributed by atoms with Crippen LogP contribution in [0.2, 0.25) is 0 Å². The predicted octanol–water partition coefficient (Wildman–Crippen LogP) is 4.73. The summed E-state index contributed by atoms with van der Waals surface area (Å²) in [5.41, 5.74) is 0.269. The predicted molar refractivity (Wildman–Crippen MR) is 129 cm³/mol. The Morgan fingerprint density at radius 3 is 2.46 bits per heavy atom. The van der Waals surface area contributed by atoms with Gasteiger partial charge in [-0.25, -0.2) is 9.59 Å². The molecule has 4 atom stereocenters. The lowest BCUT2D eigenvalue weighted by Gasteiger charge is -2.35. The number of ether oxygens (including phenoxy) is 2. The molecule has 3 heterocycles. The lowest BCUT2D eigenvalue weighted by Crippen LogP contribution is -2.40. The third kappa shape index (κ3) is 3.86. The average molecular weight is 480 g/mol. The van der Waals surface area contributed by atoms with Crippen LogP contribution in [0.15, 0.2) is 24.3 Å². The first-order valence-corrected chi connectivity index (χ1v) is 12.3. The van der Waals surface area contributed by atoms with Gasteiger partial charge in [0.05, 0.1) is 17.2 Å². The van der Waals surface area contributed by atoms with E-state index >= 15 is 0 Å². The summed E-state index contributed by atoms with van der Waals surface area (Å²) in [6.45, 7) is 11.1. The highest BCUT2D eigenvalue weighted by Gasteiger charge is 2.72. The van der Waals surface area contributed by atoms with E-state index in [2.05, 4.69) is 32.0 Å². The van der Waals surface area contributed by atoms with E-state index in [1.807, 2.05) is 26.8 Å². The molecule has 1 aromatic heterocycles. The SMILES string of the molecule is CC(C)(C)OC(=O)N1C[C@@H]2[C@H](C1)C2(C#N)n1c(C(=O)O)cc2cc([C@H]3CCOC(C)(C)C3)ccc21. The second kappa shape index (κ2) is 7.72. The van der Waals surface area contributed by atoms with Crippen LogP contribution < -0.4 is 0 Å². The van der Waals surface area contributed by atoms with Gasteiger partial charge in [-0.15, -0.1) is 0 Å². The summed E-state index contributed by atoms with van der Waals surface area (Å²) in [5.74, 6) is -0.986.